The van der Waals surface area contributed by atoms with Crippen LogP contribution in [0.3, 0.4) is 0 Å². The first-order valence-corrected chi connectivity index (χ1v) is 7.58. The number of carbonyl (C=O) groups is 1. The Morgan fingerprint density at radius 3 is 2.67 bits per heavy atom. The van der Waals surface area contributed by atoms with Crippen LogP contribution in [0, 0.1) is 0 Å². The zero-order valence-corrected chi connectivity index (χ0v) is 12.8. The summed E-state index contributed by atoms with van der Waals surface area (Å²) in [5.74, 6) is 1.83. The quantitative estimate of drug-likeness (QED) is 0.666. The van der Waals surface area contributed by atoms with Crippen LogP contribution in [0.2, 0.25) is 0 Å². The van der Waals surface area contributed by atoms with Crippen LogP contribution in [0.1, 0.15) is 21.7 Å². The molecule has 0 radical (unpaired) electrons. The van der Waals surface area contributed by atoms with Gasteiger partial charge in [0.05, 0.1) is 11.8 Å². The van der Waals surface area contributed by atoms with Gasteiger partial charge >= 0.3 is 0 Å². The summed E-state index contributed by atoms with van der Waals surface area (Å²) in [6.07, 6.45) is 3.14. The molecule has 0 spiro atoms. The average Bonchev–Trinajstić information content (AvgIpc) is 3.23. The van der Waals surface area contributed by atoms with Gasteiger partial charge in [0.25, 0.3) is 0 Å². The van der Waals surface area contributed by atoms with Gasteiger partial charge in [0.2, 0.25) is 5.78 Å². The normalized spacial score (nSPS) is 14.5. The second-order valence-corrected chi connectivity index (χ2v) is 5.39. The van der Waals surface area contributed by atoms with Gasteiger partial charge in [-0.3, -0.25) is 4.79 Å². The van der Waals surface area contributed by atoms with E-state index in [1.165, 1.54) is 0 Å². The first kappa shape index (κ1) is 14.3. The Balaban J connectivity index is 1.52. The van der Waals surface area contributed by atoms with Crippen molar-refractivity contribution in [2.45, 2.75) is 6.61 Å². The van der Waals surface area contributed by atoms with Gasteiger partial charge in [-0.15, -0.1) is 0 Å². The molecular weight excluding hydrogens is 304 g/mol. The van der Waals surface area contributed by atoms with E-state index in [0.29, 0.717) is 29.4 Å². The van der Waals surface area contributed by atoms with Crippen molar-refractivity contribution in [1.82, 2.24) is 0 Å². The molecule has 118 valence electrons. The van der Waals surface area contributed by atoms with E-state index in [2.05, 4.69) is 0 Å². The molecule has 4 heteroatoms. The molecule has 0 amide bonds. The number of benzene rings is 2. The Morgan fingerprint density at radius 2 is 1.88 bits per heavy atom. The topological polar surface area (TPSA) is 48.7 Å². The van der Waals surface area contributed by atoms with E-state index in [4.69, 9.17) is 13.9 Å². The lowest BCUT2D eigenvalue weighted by Crippen LogP contribution is -1.97. The van der Waals surface area contributed by atoms with Crippen molar-refractivity contribution in [3.05, 3.63) is 89.6 Å². The fourth-order valence-corrected chi connectivity index (χ4v) is 2.50. The van der Waals surface area contributed by atoms with Crippen molar-refractivity contribution in [3.63, 3.8) is 0 Å². The first-order valence-electron chi connectivity index (χ1n) is 7.58. The van der Waals surface area contributed by atoms with Crippen molar-refractivity contribution < 1.29 is 18.7 Å². The van der Waals surface area contributed by atoms with E-state index in [0.717, 1.165) is 5.56 Å². The number of ketones is 1. The van der Waals surface area contributed by atoms with Gasteiger partial charge in [0.15, 0.2) is 5.76 Å². The zero-order valence-electron chi connectivity index (χ0n) is 12.8. The summed E-state index contributed by atoms with van der Waals surface area (Å²) in [5, 5.41) is 0. The zero-order chi connectivity index (χ0) is 16.4. The Morgan fingerprint density at radius 1 is 1.00 bits per heavy atom. The van der Waals surface area contributed by atoms with Crippen LogP contribution in [-0.4, -0.2) is 5.78 Å². The predicted molar refractivity (Wildman–Crippen MR) is 88.9 cm³/mol. The molecule has 0 unspecified atom stereocenters. The number of ether oxygens (including phenoxy) is 2. The van der Waals surface area contributed by atoms with E-state index in [-0.39, 0.29) is 11.5 Å². The highest BCUT2D eigenvalue weighted by molar-refractivity contribution is 6.14. The molecule has 2 aromatic carbocycles. The lowest BCUT2D eigenvalue weighted by molar-refractivity contribution is 0.101. The molecule has 0 fully saturated rings. The molecule has 1 aliphatic rings. The van der Waals surface area contributed by atoms with Crippen LogP contribution in [0.25, 0.3) is 6.08 Å². The summed E-state index contributed by atoms with van der Waals surface area (Å²) in [7, 11) is 0. The van der Waals surface area contributed by atoms with E-state index in [1.54, 1.807) is 42.7 Å². The van der Waals surface area contributed by atoms with Gasteiger partial charge in [-0.05, 0) is 29.8 Å². The maximum atomic E-state index is 12.3. The average molecular weight is 318 g/mol. The number of Topliss-reactive ketones (excluding diaryl/α,β-unsaturated/α-hetero) is 1. The van der Waals surface area contributed by atoms with Crippen molar-refractivity contribution >= 4 is 11.9 Å². The molecular formula is C20H14O4. The molecule has 0 saturated heterocycles. The van der Waals surface area contributed by atoms with E-state index in [1.807, 2.05) is 30.3 Å². The van der Waals surface area contributed by atoms with Crippen LogP contribution in [0.5, 0.6) is 11.5 Å². The van der Waals surface area contributed by atoms with Crippen molar-refractivity contribution in [2.75, 3.05) is 0 Å². The fraction of sp³-hybridized carbons (Fsp3) is 0.0500. The van der Waals surface area contributed by atoms with Gasteiger partial charge in [-0.25, -0.2) is 0 Å². The summed E-state index contributed by atoms with van der Waals surface area (Å²) in [5.41, 5.74) is 1.60. The second kappa shape index (κ2) is 6.08. The number of allylic oxidation sites excluding steroid dienone is 1. The van der Waals surface area contributed by atoms with Crippen LogP contribution < -0.4 is 9.47 Å². The third-order valence-electron chi connectivity index (χ3n) is 3.71. The summed E-state index contributed by atoms with van der Waals surface area (Å²) in [4.78, 5) is 12.3. The number of carbonyl (C=O) groups excluding carboxylic acids is 1. The SMILES string of the molecule is O=C1C(=Cc2ccco2)Oc2cc(OCc3ccccc3)ccc21. The lowest BCUT2D eigenvalue weighted by atomic mass is 10.1. The molecule has 4 nitrogen and oxygen atoms in total. The highest BCUT2D eigenvalue weighted by Crippen LogP contribution is 2.35. The first-order chi connectivity index (χ1) is 11.8. The monoisotopic (exact) mass is 318 g/mol. The Hall–Kier alpha value is -3.27. The number of hydrogen-bond donors (Lipinski definition) is 0. The third-order valence-corrected chi connectivity index (χ3v) is 3.71. The molecule has 4 rings (SSSR count). The smallest absolute Gasteiger partial charge is 0.232 e. The minimum absolute atomic E-state index is 0.156. The summed E-state index contributed by atoms with van der Waals surface area (Å²) >= 11 is 0. The van der Waals surface area contributed by atoms with Crippen molar-refractivity contribution in [1.29, 1.82) is 0 Å². The third kappa shape index (κ3) is 2.82. The van der Waals surface area contributed by atoms with Crippen LogP contribution in [-0.2, 0) is 6.61 Å². The largest absolute Gasteiger partial charge is 0.489 e. The number of furan rings is 1. The molecule has 3 aromatic rings. The minimum Gasteiger partial charge on any atom is -0.489 e. The summed E-state index contributed by atoms with van der Waals surface area (Å²) < 4.78 is 16.6. The highest BCUT2D eigenvalue weighted by atomic mass is 16.5. The molecule has 0 bridgehead atoms. The van der Waals surface area contributed by atoms with Crippen LogP contribution >= 0.6 is 0 Å². The number of fused-ring (bicyclic) bond motifs is 1. The van der Waals surface area contributed by atoms with Gasteiger partial charge in [-0.1, -0.05) is 30.3 Å². The molecule has 0 aliphatic carbocycles. The van der Waals surface area contributed by atoms with Gasteiger partial charge in [-0.2, -0.15) is 0 Å². The van der Waals surface area contributed by atoms with Crippen LogP contribution in [0.4, 0.5) is 0 Å². The standard InChI is InChI=1S/C20H14O4/c21-20-17-9-8-16(23-13-14-5-2-1-3-6-14)11-18(17)24-19(20)12-15-7-4-10-22-15/h1-12H,13H2. The Bertz CT molecular complexity index is 893. The molecule has 1 aliphatic heterocycles. The molecule has 0 atom stereocenters. The maximum absolute atomic E-state index is 12.3. The number of hydrogen-bond acceptors (Lipinski definition) is 4. The molecule has 2 heterocycles. The van der Waals surface area contributed by atoms with E-state index < -0.39 is 0 Å². The summed E-state index contributed by atoms with van der Waals surface area (Å²) in [6, 6.07) is 18.7. The summed E-state index contributed by atoms with van der Waals surface area (Å²) in [6.45, 7) is 0.461. The Kier molecular flexibility index (Phi) is 3.63. The minimum atomic E-state index is -0.156. The van der Waals surface area contributed by atoms with E-state index in [9.17, 15) is 4.79 Å². The van der Waals surface area contributed by atoms with Gasteiger partial charge < -0.3 is 13.9 Å². The van der Waals surface area contributed by atoms with Crippen molar-refractivity contribution in [2.24, 2.45) is 0 Å². The van der Waals surface area contributed by atoms with E-state index >= 15 is 0 Å². The lowest BCUT2D eigenvalue weighted by Gasteiger charge is -2.07. The molecule has 0 N–H and O–H groups in total. The number of rotatable bonds is 4. The fourth-order valence-electron chi connectivity index (χ4n) is 2.50. The molecule has 0 saturated carbocycles. The maximum Gasteiger partial charge on any atom is 0.232 e. The Labute approximate surface area is 138 Å². The van der Waals surface area contributed by atoms with Crippen molar-refractivity contribution in [3.8, 4) is 11.5 Å². The second-order valence-electron chi connectivity index (χ2n) is 5.39. The molecule has 1 aromatic heterocycles. The van der Waals surface area contributed by atoms with Gasteiger partial charge in [0.1, 0.15) is 23.9 Å². The highest BCUT2D eigenvalue weighted by Gasteiger charge is 2.28. The molecule has 24 heavy (non-hydrogen) atoms. The predicted octanol–water partition coefficient (Wildman–Crippen LogP) is 4.47. The van der Waals surface area contributed by atoms with Gasteiger partial charge in [0, 0.05) is 12.1 Å². The van der Waals surface area contributed by atoms with Crippen LogP contribution in [0.15, 0.2) is 77.1 Å².